The van der Waals surface area contributed by atoms with Crippen LogP contribution in [0.3, 0.4) is 0 Å². The highest BCUT2D eigenvalue weighted by Gasteiger charge is 2.29. The van der Waals surface area contributed by atoms with E-state index in [0.717, 1.165) is 41.2 Å². The number of nitrogens with zero attached hydrogens (tertiary/aromatic N) is 3. The number of carbonyl (C=O) groups is 1. The second-order valence-electron chi connectivity index (χ2n) is 7.83. The van der Waals surface area contributed by atoms with E-state index in [1.807, 2.05) is 6.92 Å². The molecule has 3 rings (SSSR count). The molecule has 3 heterocycles. The highest BCUT2D eigenvalue weighted by Crippen LogP contribution is 2.35. The number of fused-ring (bicyclic) bond motifs is 1. The summed E-state index contributed by atoms with van der Waals surface area (Å²) in [6.45, 7) is 11.8. The van der Waals surface area contributed by atoms with E-state index >= 15 is 0 Å². The van der Waals surface area contributed by atoms with E-state index in [0.29, 0.717) is 4.88 Å². The monoisotopic (exact) mass is 362 g/mol. The predicted octanol–water partition coefficient (Wildman–Crippen LogP) is 3.62. The van der Waals surface area contributed by atoms with Gasteiger partial charge in [-0.3, -0.25) is 0 Å². The molecular formula is C18H26N4O2S. The van der Waals surface area contributed by atoms with Crippen molar-refractivity contribution < 1.29 is 9.90 Å². The summed E-state index contributed by atoms with van der Waals surface area (Å²) in [5.41, 5.74) is 0.795. The zero-order valence-corrected chi connectivity index (χ0v) is 16.1. The summed E-state index contributed by atoms with van der Waals surface area (Å²) < 4.78 is 0. The number of carboxylic acids is 1. The molecule has 0 amide bonds. The maximum Gasteiger partial charge on any atom is 0.346 e. The van der Waals surface area contributed by atoms with Crippen LogP contribution in [-0.4, -0.2) is 51.6 Å². The van der Waals surface area contributed by atoms with Crippen LogP contribution in [0.1, 0.15) is 48.8 Å². The first kappa shape index (κ1) is 18.1. The Morgan fingerprint density at radius 2 is 2.04 bits per heavy atom. The zero-order chi connectivity index (χ0) is 18.2. The zero-order valence-electron chi connectivity index (χ0n) is 15.3. The Labute approximate surface area is 152 Å². The molecule has 0 spiro atoms. The number of thiophene rings is 1. The summed E-state index contributed by atoms with van der Waals surface area (Å²) in [7, 11) is 0. The van der Waals surface area contributed by atoms with Crippen LogP contribution in [0.4, 0.5) is 5.82 Å². The number of aromatic nitrogens is 2. The third kappa shape index (κ3) is 3.77. The molecule has 1 fully saturated rings. The van der Waals surface area contributed by atoms with Crippen molar-refractivity contribution in [1.82, 2.24) is 14.9 Å². The van der Waals surface area contributed by atoms with Crippen LogP contribution >= 0.6 is 11.3 Å². The van der Waals surface area contributed by atoms with Gasteiger partial charge in [0.15, 0.2) is 0 Å². The lowest BCUT2D eigenvalue weighted by Crippen LogP contribution is -2.43. The molecule has 136 valence electrons. The fraction of sp³-hybridized carbons (Fsp3) is 0.611. The molecule has 6 nitrogen and oxygen atoms in total. The van der Waals surface area contributed by atoms with Gasteiger partial charge in [0.1, 0.15) is 21.9 Å². The van der Waals surface area contributed by atoms with Gasteiger partial charge in [0.25, 0.3) is 0 Å². The van der Waals surface area contributed by atoms with Gasteiger partial charge in [-0.2, -0.15) is 0 Å². The summed E-state index contributed by atoms with van der Waals surface area (Å²) in [5.74, 6) is -0.165. The SMILES string of the molecule is Cc1c(C(=O)O)sc2ncnc(NC(CN3CCCC3)C(C)(C)C)c12. The molecule has 1 atom stereocenters. The molecule has 0 aliphatic carbocycles. The maximum absolute atomic E-state index is 11.4. The van der Waals surface area contributed by atoms with Crippen LogP contribution in [0.2, 0.25) is 0 Å². The number of likely N-dealkylation sites (tertiary alicyclic amines) is 1. The van der Waals surface area contributed by atoms with Crippen molar-refractivity contribution in [1.29, 1.82) is 0 Å². The van der Waals surface area contributed by atoms with Gasteiger partial charge in [0, 0.05) is 12.6 Å². The predicted molar refractivity (Wildman–Crippen MR) is 102 cm³/mol. The fourth-order valence-electron chi connectivity index (χ4n) is 3.31. The van der Waals surface area contributed by atoms with Gasteiger partial charge in [0.05, 0.1) is 5.39 Å². The number of hydrogen-bond donors (Lipinski definition) is 2. The molecule has 1 aliphatic rings. The van der Waals surface area contributed by atoms with Crippen LogP contribution in [0.5, 0.6) is 0 Å². The highest BCUT2D eigenvalue weighted by atomic mass is 32.1. The number of carboxylic acid groups (broad SMARTS) is 1. The molecule has 7 heteroatoms. The average molecular weight is 362 g/mol. The van der Waals surface area contributed by atoms with Crippen LogP contribution in [0, 0.1) is 12.3 Å². The summed E-state index contributed by atoms with van der Waals surface area (Å²) in [5, 5.41) is 13.8. The number of aryl methyl sites for hydroxylation is 1. The van der Waals surface area contributed by atoms with Crippen molar-refractivity contribution >= 4 is 33.3 Å². The lowest BCUT2D eigenvalue weighted by molar-refractivity contribution is 0.0701. The summed E-state index contributed by atoms with van der Waals surface area (Å²) in [4.78, 5) is 23.7. The second-order valence-corrected chi connectivity index (χ2v) is 8.83. The molecule has 2 aromatic heterocycles. The van der Waals surface area contributed by atoms with Crippen LogP contribution < -0.4 is 5.32 Å². The molecule has 2 aromatic rings. The molecule has 1 unspecified atom stereocenters. The van der Waals surface area contributed by atoms with Crippen LogP contribution in [-0.2, 0) is 0 Å². The Morgan fingerprint density at radius 3 is 2.64 bits per heavy atom. The Hall–Kier alpha value is -1.73. The smallest absolute Gasteiger partial charge is 0.346 e. The molecule has 0 aromatic carbocycles. The highest BCUT2D eigenvalue weighted by molar-refractivity contribution is 7.20. The summed E-state index contributed by atoms with van der Waals surface area (Å²) in [6.07, 6.45) is 4.04. The number of anilines is 1. The van der Waals surface area contributed by atoms with Crippen molar-refractivity contribution in [2.24, 2.45) is 5.41 Å². The van der Waals surface area contributed by atoms with E-state index in [-0.39, 0.29) is 11.5 Å². The van der Waals surface area contributed by atoms with Crippen molar-refractivity contribution in [3.8, 4) is 0 Å². The maximum atomic E-state index is 11.4. The summed E-state index contributed by atoms with van der Waals surface area (Å²) >= 11 is 1.21. The first-order valence-corrected chi connectivity index (χ1v) is 9.55. The number of aromatic carboxylic acids is 1. The normalized spacial score (nSPS) is 17.1. The van der Waals surface area contributed by atoms with Crippen molar-refractivity contribution in [2.75, 3.05) is 25.0 Å². The second kappa shape index (κ2) is 6.88. The van der Waals surface area contributed by atoms with E-state index in [2.05, 4.69) is 41.0 Å². The average Bonchev–Trinajstić information content (AvgIpc) is 3.14. The molecular weight excluding hydrogens is 336 g/mol. The quantitative estimate of drug-likeness (QED) is 0.846. The third-order valence-electron chi connectivity index (χ3n) is 4.92. The number of nitrogens with one attached hydrogen (secondary N) is 1. The Balaban J connectivity index is 1.95. The van der Waals surface area contributed by atoms with Crippen molar-refractivity contribution in [3.05, 3.63) is 16.8 Å². The van der Waals surface area contributed by atoms with Crippen LogP contribution in [0.15, 0.2) is 6.33 Å². The molecule has 1 aliphatic heterocycles. The van der Waals surface area contributed by atoms with Crippen molar-refractivity contribution in [2.45, 2.75) is 46.6 Å². The lowest BCUT2D eigenvalue weighted by atomic mass is 9.86. The Bertz CT molecular complexity index is 775. The van der Waals surface area contributed by atoms with Gasteiger partial charge in [-0.15, -0.1) is 11.3 Å². The molecule has 0 bridgehead atoms. The molecule has 0 saturated carbocycles. The van der Waals surface area contributed by atoms with Gasteiger partial charge in [-0.05, 0) is 43.8 Å². The number of hydrogen-bond acceptors (Lipinski definition) is 6. The summed E-state index contributed by atoms with van der Waals surface area (Å²) in [6, 6.07) is 0.219. The minimum Gasteiger partial charge on any atom is -0.477 e. The Morgan fingerprint density at radius 1 is 1.36 bits per heavy atom. The molecule has 25 heavy (non-hydrogen) atoms. The van der Waals surface area contributed by atoms with Gasteiger partial charge < -0.3 is 15.3 Å². The number of rotatable bonds is 5. The minimum absolute atomic E-state index is 0.0550. The van der Waals surface area contributed by atoms with Gasteiger partial charge in [-0.25, -0.2) is 14.8 Å². The minimum atomic E-state index is -0.907. The van der Waals surface area contributed by atoms with E-state index in [4.69, 9.17) is 0 Å². The Kier molecular flexibility index (Phi) is 4.97. The lowest BCUT2D eigenvalue weighted by Gasteiger charge is -2.35. The van der Waals surface area contributed by atoms with Gasteiger partial charge in [-0.1, -0.05) is 20.8 Å². The largest absolute Gasteiger partial charge is 0.477 e. The van der Waals surface area contributed by atoms with Crippen LogP contribution in [0.25, 0.3) is 10.2 Å². The van der Waals surface area contributed by atoms with E-state index in [1.54, 1.807) is 0 Å². The topological polar surface area (TPSA) is 78.3 Å². The van der Waals surface area contributed by atoms with Gasteiger partial charge in [0.2, 0.25) is 0 Å². The molecule has 0 radical (unpaired) electrons. The molecule has 1 saturated heterocycles. The fourth-order valence-corrected chi connectivity index (χ4v) is 4.30. The standard InChI is InChI=1S/C18H26N4O2S/c1-11-13-15(19-10-20-16(13)25-14(11)17(23)24)21-12(18(2,3)4)9-22-7-5-6-8-22/h10,12H,5-9H2,1-4H3,(H,23,24)(H,19,20,21). The molecule has 2 N–H and O–H groups in total. The van der Waals surface area contributed by atoms with E-state index in [9.17, 15) is 9.90 Å². The van der Waals surface area contributed by atoms with E-state index in [1.165, 1.54) is 30.5 Å². The first-order chi connectivity index (χ1) is 11.8. The third-order valence-corrected chi connectivity index (χ3v) is 6.10. The first-order valence-electron chi connectivity index (χ1n) is 8.73. The van der Waals surface area contributed by atoms with Gasteiger partial charge >= 0.3 is 5.97 Å². The van der Waals surface area contributed by atoms with Crippen molar-refractivity contribution in [3.63, 3.8) is 0 Å². The van der Waals surface area contributed by atoms with E-state index < -0.39 is 5.97 Å².